The summed E-state index contributed by atoms with van der Waals surface area (Å²) in [5.41, 5.74) is 2.42. The van der Waals surface area contributed by atoms with Crippen molar-refractivity contribution in [2.24, 2.45) is 5.16 Å². The summed E-state index contributed by atoms with van der Waals surface area (Å²) in [6.07, 6.45) is 5.06. The molecule has 6 nitrogen and oxygen atoms in total. The summed E-state index contributed by atoms with van der Waals surface area (Å²) in [6.45, 7) is 0. The van der Waals surface area contributed by atoms with Crippen LogP contribution >= 0.6 is 0 Å². The van der Waals surface area contributed by atoms with Gasteiger partial charge in [0.15, 0.2) is 11.5 Å². The highest BCUT2D eigenvalue weighted by Gasteiger charge is 2.42. The van der Waals surface area contributed by atoms with Gasteiger partial charge in [-0.25, -0.2) is 0 Å². The van der Waals surface area contributed by atoms with Crippen molar-refractivity contribution in [2.45, 2.75) is 50.4 Å². The Labute approximate surface area is 163 Å². The molecule has 6 heteroatoms. The Morgan fingerprint density at radius 1 is 1.00 bits per heavy atom. The molecular weight excluding hydrogens is 356 g/mol. The first kappa shape index (κ1) is 17.1. The van der Waals surface area contributed by atoms with Crippen LogP contribution in [0, 0.1) is 0 Å². The zero-order chi connectivity index (χ0) is 19.0. The average Bonchev–Trinajstić information content (AvgIpc) is 3.34. The molecule has 1 N–H and O–H groups in total. The van der Waals surface area contributed by atoms with Gasteiger partial charge >= 0.3 is 0 Å². The third-order valence-electron chi connectivity index (χ3n) is 5.49. The maximum Gasteiger partial charge on any atom is 0.268 e. The van der Waals surface area contributed by atoms with Crippen molar-refractivity contribution in [3.8, 4) is 11.5 Å². The fourth-order valence-electron chi connectivity index (χ4n) is 4.01. The van der Waals surface area contributed by atoms with Gasteiger partial charge in [0, 0.05) is 31.0 Å². The lowest BCUT2D eigenvalue weighted by Crippen LogP contribution is -2.40. The van der Waals surface area contributed by atoms with Crippen molar-refractivity contribution in [1.29, 1.82) is 0 Å². The summed E-state index contributed by atoms with van der Waals surface area (Å²) in [6, 6.07) is 15.3. The van der Waals surface area contributed by atoms with Gasteiger partial charge in [0.25, 0.3) is 11.7 Å². The molecule has 1 spiro atoms. The van der Waals surface area contributed by atoms with Crippen molar-refractivity contribution >= 4 is 17.3 Å². The standard InChI is InChI=1S/C22H22N2O4/c25-21(20-14-17(24-28-20)15-7-3-1-4-8-15)23-16-9-10-18-19(13-16)27-22(26-18)11-5-2-6-12-22/h1,3-4,7-10,13,20H,2,5-6,11-12,14H2,(H,23,25). The fraction of sp³-hybridized carbons (Fsp3) is 0.364. The molecule has 3 aliphatic rings. The molecule has 1 atom stereocenters. The van der Waals surface area contributed by atoms with E-state index in [-0.39, 0.29) is 5.91 Å². The lowest BCUT2D eigenvalue weighted by molar-refractivity contribution is -0.125. The fourth-order valence-corrected chi connectivity index (χ4v) is 4.01. The second-order valence-corrected chi connectivity index (χ2v) is 7.53. The van der Waals surface area contributed by atoms with E-state index >= 15 is 0 Å². The predicted octanol–water partition coefficient (Wildman–Crippen LogP) is 4.25. The predicted molar refractivity (Wildman–Crippen MR) is 105 cm³/mol. The largest absolute Gasteiger partial charge is 0.448 e. The minimum atomic E-state index is -0.634. The van der Waals surface area contributed by atoms with Crippen LogP contribution in [0.25, 0.3) is 0 Å². The highest BCUT2D eigenvalue weighted by atomic mass is 16.7. The Bertz CT molecular complexity index is 919. The smallest absolute Gasteiger partial charge is 0.268 e. The normalized spacial score (nSPS) is 21.9. The van der Waals surface area contributed by atoms with Crippen LogP contribution in [0.5, 0.6) is 11.5 Å². The Morgan fingerprint density at radius 2 is 1.79 bits per heavy atom. The molecule has 2 heterocycles. The number of hydrogen-bond acceptors (Lipinski definition) is 5. The molecule has 1 aliphatic carbocycles. The zero-order valence-electron chi connectivity index (χ0n) is 15.5. The maximum atomic E-state index is 12.6. The van der Waals surface area contributed by atoms with Gasteiger partial charge in [0.05, 0.1) is 5.71 Å². The van der Waals surface area contributed by atoms with Gasteiger partial charge in [-0.05, 0) is 30.5 Å². The molecule has 1 fully saturated rings. The van der Waals surface area contributed by atoms with E-state index in [1.165, 1.54) is 6.42 Å². The highest BCUT2D eigenvalue weighted by molar-refractivity contribution is 6.06. The number of rotatable bonds is 3. The molecule has 2 aromatic rings. The van der Waals surface area contributed by atoms with Crippen molar-refractivity contribution in [3.63, 3.8) is 0 Å². The SMILES string of the molecule is O=C(Nc1ccc2c(c1)OC1(CCCCC1)O2)C1CC(c2ccccc2)=NO1. The summed E-state index contributed by atoms with van der Waals surface area (Å²) in [4.78, 5) is 18.0. The van der Waals surface area contributed by atoms with Crippen LogP contribution in [-0.4, -0.2) is 23.5 Å². The van der Waals surface area contributed by atoms with E-state index in [2.05, 4.69) is 10.5 Å². The van der Waals surface area contributed by atoms with Crippen LogP contribution in [0.15, 0.2) is 53.7 Å². The zero-order valence-corrected chi connectivity index (χ0v) is 15.5. The van der Waals surface area contributed by atoms with Crippen molar-refractivity contribution in [2.75, 3.05) is 5.32 Å². The Kier molecular flexibility index (Phi) is 4.19. The Balaban J connectivity index is 1.23. The van der Waals surface area contributed by atoms with Gasteiger partial charge in [0.1, 0.15) is 0 Å². The van der Waals surface area contributed by atoms with Crippen LogP contribution in [0.3, 0.4) is 0 Å². The van der Waals surface area contributed by atoms with E-state index < -0.39 is 11.9 Å². The molecule has 28 heavy (non-hydrogen) atoms. The van der Waals surface area contributed by atoms with Gasteiger partial charge < -0.3 is 19.6 Å². The van der Waals surface area contributed by atoms with E-state index in [1.54, 1.807) is 0 Å². The number of nitrogens with one attached hydrogen (secondary N) is 1. The highest BCUT2D eigenvalue weighted by Crippen LogP contribution is 2.46. The Hall–Kier alpha value is -3.02. The molecule has 144 valence electrons. The molecule has 1 amide bonds. The van der Waals surface area contributed by atoms with Crippen molar-refractivity contribution in [1.82, 2.24) is 0 Å². The first-order valence-corrected chi connectivity index (χ1v) is 9.82. The van der Waals surface area contributed by atoms with E-state index in [0.717, 1.165) is 42.7 Å². The van der Waals surface area contributed by atoms with Crippen molar-refractivity contribution in [3.05, 3.63) is 54.1 Å². The molecular formula is C22H22N2O4. The minimum absolute atomic E-state index is 0.221. The van der Waals surface area contributed by atoms with Crippen molar-refractivity contribution < 1.29 is 19.1 Å². The molecule has 0 saturated heterocycles. The number of carbonyl (C=O) groups excluding carboxylic acids is 1. The monoisotopic (exact) mass is 378 g/mol. The van der Waals surface area contributed by atoms with Crippen LogP contribution < -0.4 is 14.8 Å². The number of hydrogen-bond donors (Lipinski definition) is 1. The summed E-state index contributed by atoms with van der Waals surface area (Å²) >= 11 is 0. The van der Waals surface area contributed by atoms with E-state index in [9.17, 15) is 4.79 Å². The van der Waals surface area contributed by atoms with E-state index in [0.29, 0.717) is 17.9 Å². The quantitative estimate of drug-likeness (QED) is 0.867. The van der Waals surface area contributed by atoms with Gasteiger partial charge in [-0.1, -0.05) is 41.9 Å². The number of anilines is 1. The third-order valence-corrected chi connectivity index (χ3v) is 5.49. The van der Waals surface area contributed by atoms with Gasteiger partial charge in [-0.15, -0.1) is 0 Å². The second kappa shape index (κ2) is 6.86. The lowest BCUT2D eigenvalue weighted by atomic mass is 9.94. The Morgan fingerprint density at radius 3 is 2.61 bits per heavy atom. The number of ether oxygens (including phenoxy) is 2. The average molecular weight is 378 g/mol. The molecule has 0 aromatic heterocycles. The topological polar surface area (TPSA) is 69.2 Å². The lowest BCUT2D eigenvalue weighted by Gasteiger charge is -2.31. The van der Waals surface area contributed by atoms with Crippen LogP contribution in [0.1, 0.15) is 44.1 Å². The number of benzene rings is 2. The van der Waals surface area contributed by atoms with Crippen LogP contribution in [0.2, 0.25) is 0 Å². The summed E-state index contributed by atoms with van der Waals surface area (Å²) < 4.78 is 12.2. The number of nitrogens with zero attached hydrogens (tertiary/aromatic N) is 1. The number of fused-ring (bicyclic) bond motifs is 1. The number of amides is 1. The number of carbonyl (C=O) groups is 1. The molecule has 1 unspecified atom stereocenters. The van der Waals surface area contributed by atoms with Crippen LogP contribution in [0.4, 0.5) is 5.69 Å². The molecule has 5 rings (SSSR count). The second-order valence-electron chi connectivity index (χ2n) is 7.53. The van der Waals surface area contributed by atoms with Gasteiger partial charge in [-0.2, -0.15) is 0 Å². The molecule has 0 bridgehead atoms. The third kappa shape index (κ3) is 3.19. The van der Waals surface area contributed by atoms with E-state index in [4.69, 9.17) is 14.3 Å². The van der Waals surface area contributed by atoms with Gasteiger partial charge in [-0.3, -0.25) is 4.79 Å². The van der Waals surface area contributed by atoms with Gasteiger partial charge in [0.2, 0.25) is 6.10 Å². The number of oxime groups is 1. The molecule has 2 aliphatic heterocycles. The summed E-state index contributed by atoms with van der Waals surface area (Å²) in [5.74, 6) is 0.692. The maximum absolute atomic E-state index is 12.6. The minimum Gasteiger partial charge on any atom is -0.448 e. The molecule has 2 aromatic carbocycles. The summed E-state index contributed by atoms with van der Waals surface area (Å²) in [5, 5.41) is 6.98. The van der Waals surface area contributed by atoms with E-state index in [1.807, 2.05) is 48.5 Å². The summed E-state index contributed by atoms with van der Waals surface area (Å²) in [7, 11) is 0. The molecule has 1 saturated carbocycles. The first-order valence-electron chi connectivity index (χ1n) is 9.82. The first-order chi connectivity index (χ1) is 13.7. The molecule has 0 radical (unpaired) electrons. The van der Waals surface area contributed by atoms with Crippen LogP contribution in [-0.2, 0) is 9.63 Å².